The van der Waals surface area contributed by atoms with E-state index in [9.17, 15) is 9.90 Å². The van der Waals surface area contributed by atoms with Gasteiger partial charge in [0.05, 0.1) is 5.60 Å². The summed E-state index contributed by atoms with van der Waals surface area (Å²) >= 11 is 0. The van der Waals surface area contributed by atoms with Gasteiger partial charge in [0.1, 0.15) is 5.78 Å². The molecular formula is C23H38O2. The van der Waals surface area contributed by atoms with Crippen molar-refractivity contribution in [3.8, 4) is 0 Å². The summed E-state index contributed by atoms with van der Waals surface area (Å²) in [6.45, 7) is 8.98. The van der Waals surface area contributed by atoms with E-state index in [-0.39, 0.29) is 5.41 Å². The summed E-state index contributed by atoms with van der Waals surface area (Å²) in [6.07, 6.45) is 11.8. The molecule has 8 atom stereocenters. The maximum absolute atomic E-state index is 12.2. The second-order valence-electron chi connectivity index (χ2n) is 10.7. The normalized spacial score (nSPS) is 55.2. The highest BCUT2D eigenvalue weighted by Gasteiger charge is 2.61. The predicted molar refractivity (Wildman–Crippen MR) is 101 cm³/mol. The minimum Gasteiger partial charge on any atom is -0.390 e. The van der Waals surface area contributed by atoms with Gasteiger partial charge in [-0.1, -0.05) is 20.8 Å². The predicted octanol–water partition coefficient (Wildman–Crippen LogP) is 5.38. The molecule has 4 aliphatic rings. The van der Waals surface area contributed by atoms with Crippen LogP contribution in [-0.4, -0.2) is 16.5 Å². The first-order valence-corrected chi connectivity index (χ1v) is 11.0. The molecule has 4 saturated carbocycles. The van der Waals surface area contributed by atoms with Crippen LogP contribution in [-0.2, 0) is 4.79 Å². The molecule has 0 spiro atoms. The molecule has 25 heavy (non-hydrogen) atoms. The fraction of sp³-hybridized carbons (Fsp3) is 0.957. The van der Waals surface area contributed by atoms with Crippen molar-refractivity contribution >= 4 is 5.78 Å². The van der Waals surface area contributed by atoms with Crippen LogP contribution in [0.1, 0.15) is 91.9 Å². The zero-order chi connectivity index (χ0) is 18.0. The van der Waals surface area contributed by atoms with Gasteiger partial charge in [0.2, 0.25) is 0 Å². The maximum atomic E-state index is 12.2. The van der Waals surface area contributed by atoms with Gasteiger partial charge in [-0.05, 0) is 106 Å². The monoisotopic (exact) mass is 346 g/mol. The zero-order valence-corrected chi connectivity index (χ0v) is 16.8. The van der Waals surface area contributed by atoms with E-state index in [1.165, 1.54) is 38.5 Å². The van der Waals surface area contributed by atoms with Crippen molar-refractivity contribution in [3.63, 3.8) is 0 Å². The third-order valence-electron chi connectivity index (χ3n) is 9.97. The summed E-state index contributed by atoms with van der Waals surface area (Å²) in [5.74, 6) is 3.90. The Hall–Kier alpha value is -0.370. The van der Waals surface area contributed by atoms with Crippen LogP contribution in [0.4, 0.5) is 0 Å². The van der Waals surface area contributed by atoms with Crippen molar-refractivity contribution in [2.75, 3.05) is 0 Å². The number of carbonyl (C=O) groups is 1. The Morgan fingerprint density at radius 3 is 2.36 bits per heavy atom. The minimum atomic E-state index is -0.396. The Labute approximate surface area is 154 Å². The Morgan fingerprint density at radius 1 is 0.960 bits per heavy atom. The third kappa shape index (κ3) is 2.49. The van der Waals surface area contributed by atoms with Gasteiger partial charge >= 0.3 is 0 Å². The van der Waals surface area contributed by atoms with Crippen molar-refractivity contribution in [2.45, 2.75) is 97.5 Å². The van der Waals surface area contributed by atoms with E-state index >= 15 is 0 Å². The molecule has 0 bridgehead atoms. The number of fused-ring (bicyclic) bond motifs is 5. The average molecular weight is 347 g/mol. The number of hydrogen-bond donors (Lipinski definition) is 1. The van der Waals surface area contributed by atoms with Crippen molar-refractivity contribution in [2.24, 2.45) is 40.4 Å². The molecule has 0 amide bonds. The highest BCUT2D eigenvalue weighted by molar-refractivity contribution is 5.79. The standard InChI is InChI=1S/C23H38O2/c1-5-23(25)13-12-21(3)16(14-23)6-7-17-19-9-8-18(15(2)24)22(19,4)11-10-20(17)21/h16-20,25H,5-14H2,1-4H3/t16?,17?,18?,19?,20?,21-,22+,23+/m0/s1. The molecule has 0 saturated heterocycles. The molecule has 142 valence electrons. The first kappa shape index (κ1) is 18.0. The lowest BCUT2D eigenvalue weighted by Crippen LogP contribution is -2.56. The van der Waals surface area contributed by atoms with Gasteiger partial charge in [0, 0.05) is 5.92 Å². The van der Waals surface area contributed by atoms with Gasteiger partial charge in [0.15, 0.2) is 0 Å². The Morgan fingerprint density at radius 2 is 1.68 bits per heavy atom. The van der Waals surface area contributed by atoms with Crippen molar-refractivity contribution in [1.82, 2.24) is 0 Å². The number of aliphatic hydroxyl groups is 1. The van der Waals surface area contributed by atoms with Crippen molar-refractivity contribution in [1.29, 1.82) is 0 Å². The smallest absolute Gasteiger partial charge is 0.133 e. The van der Waals surface area contributed by atoms with E-state index in [1.54, 1.807) is 0 Å². The summed E-state index contributed by atoms with van der Waals surface area (Å²) in [5, 5.41) is 10.9. The first-order valence-electron chi connectivity index (χ1n) is 11.0. The third-order valence-corrected chi connectivity index (χ3v) is 9.97. The highest BCUT2D eigenvalue weighted by Crippen LogP contribution is 2.68. The second-order valence-corrected chi connectivity index (χ2v) is 10.7. The first-order chi connectivity index (χ1) is 11.7. The molecule has 0 radical (unpaired) electrons. The highest BCUT2D eigenvalue weighted by atomic mass is 16.3. The fourth-order valence-electron chi connectivity index (χ4n) is 8.31. The van der Waals surface area contributed by atoms with Crippen LogP contribution < -0.4 is 0 Å². The lowest BCUT2D eigenvalue weighted by atomic mass is 9.43. The van der Waals surface area contributed by atoms with Gasteiger partial charge in [-0.3, -0.25) is 4.79 Å². The van der Waals surface area contributed by atoms with Crippen LogP contribution in [0.25, 0.3) is 0 Å². The summed E-state index contributed by atoms with van der Waals surface area (Å²) in [4.78, 5) is 12.2. The molecule has 0 heterocycles. The minimum absolute atomic E-state index is 0.273. The van der Waals surface area contributed by atoms with E-state index in [0.717, 1.165) is 43.4 Å². The molecule has 4 rings (SSSR count). The molecule has 4 fully saturated rings. The summed E-state index contributed by atoms with van der Waals surface area (Å²) in [7, 11) is 0. The molecule has 5 unspecified atom stereocenters. The topological polar surface area (TPSA) is 37.3 Å². The quantitative estimate of drug-likeness (QED) is 0.729. The van der Waals surface area contributed by atoms with Crippen molar-refractivity contribution < 1.29 is 9.90 Å². The molecule has 0 aromatic heterocycles. The number of Topliss-reactive ketones (excluding diaryl/α,β-unsaturated/α-hetero) is 1. The zero-order valence-electron chi connectivity index (χ0n) is 16.8. The van der Waals surface area contributed by atoms with E-state index in [0.29, 0.717) is 23.0 Å². The molecule has 0 aliphatic heterocycles. The van der Waals surface area contributed by atoms with E-state index in [2.05, 4.69) is 20.8 Å². The fourth-order valence-corrected chi connectivity index (χ4v) is 8.31. The SMILES string of the molecule is CC[C@@]1(O)CC[C@@]2(C)C(CCC3C2CC[C@]2(C)C(C(C)=O)CCC32)C1. The number of rotatable bonds is 2. The molecule has 1 N–H and O–H groups in total. The molecule has 0 aromatic rings. The van der Waals surface area contributed by atoms with E-state index in [4.69, 9.17) is 0 Å². The summed E-state index contributed by atoms with van der Waals surface area (Å²) in [5.41, 5.74) is 0.308. The second kappa shape index (κ2) is 5.81. The van der Waals surface area contributed by atoms with Gasteiger partial charge in [-0.15, -0.1) is 0 Å². The number of carbonyl (C=O) groups excluding carboxylic acids is 1. The van der Waals surface area contributed by atoms with Crippen molar-refractivity contribution in [3.05, 3.63) is 0 Å². The molecule has 2 nitrogen and oxygen atoms in total. The summed E-state index contributed by atoms with van der Waals surface area (Å²) < 4.78 is 0. The van der Waals surface area contributed by atoms with Crippen LogP contribution in [0.15, 0.2) is 0 Å². The van der Waals surface area contributed by atoms with Crippen LogP contribution >= 0.6 is 0 Å². The van der Waals surface area contributed by atoms with Crippen LogP contribution in [0.2, 0.25) is 0 Å². The number of hydrogen-bond acceptors (Lipinski definition) is 2. The Bertz CT molecular complexity index is 556. The van der Waals surface area contributed by atoms with Gasteiger partial charge in [0.25, 0.3) is 0 Å². The lowest BCUT2D eigenvalue weighted by molar-refractivity contribution is -0.154. The average Bonchev–Trinajstić information content (AvgIpc) is 2.93. The van der Waals surface area contributed by atoms with E-state index in [1.807, 2.05) is 6.92 Å². The molecule has 4 aliphatic carbocycles. The van der Waals surface area contributed by atoms with Gasteiger partial charge < -0.3 is 5.11 Å². The van der Waals surface area contributed by atoms with Crippen LogP contribution in [0.3, 0.4) is 0 Å². The lowest BCUT2D eigenvalue weighted by Gasteiger charge is -2.62. The maximum Gasteiger partial charge on any atom is 0.133 e. The molecule has 0 aromatic carbocycles. The Kier molecular flexibility index (Phi) is 4.19. The molecular weight excluding hydrogens is 308 g/mol. The molecule has 2 heteroatoms. The largest absolute Gasteiger partial charge is 0.390 e. The van der Waals surface area contributed by atoms with Gasteiger partial charge in [-0.2, -0.15) is 0 Å². The number of ketones is 1. The van der Waals surface area contributed by atoms with Gasteiger partial charge in [-0.25, -0.2) is 0 Å². The Balaban J connectivity index is 1.59. The van der Waals surface area contributed by atoms with Crippen LogP contribution in [0.5, 0.6) is 0 Å². The van der Waals surface area contributed by atoms with Crippen LogP contribution in [0, 0.1) is 40.4 Å². The summed E-state index contributed by atoms with van der Waals surface area (Å²) in [6, 6.07) is 0. The van der Waals surface area contributed by atoms with E-state index < -0.39 is 5.60 Å².